The zero-order valence-corrected chi connectivity index (χ0v) is 13.3. The summed E-state index contributed by atoms with van der Waals surface area (Å²) in [6.07, 6.45) is 1.22. The summed E-state index contributed by atoms with van der Waals surface area (Å²) in [5.74, 6) is 2.41. The Balaban J connectivity index is 1.34. The van der Waals surface area contributed by atoms with E-state index in [2.05, 4.69) is 20.8 Å². The molecule has 2 heterocycles. The molecule has 3 N–H and O–H groups in total. The van der Waals surface area contributed by atoms with Gasteiger partial charge >= 0.3 is 6.03 Å². The summed E-state index contributed by atoms with van der Waals surface area (Å²) in [6, 6.07) is 8.86. The molecule has 0 saturated carbocycles. The first-order chi connectivity index (χ1) is 11.7. The van der Waals surface area contributed by atoms with Gasteiger partial charge in [-0.1, -0.05) is 18.2 Å². The van der Waals surface area contributed by atoms with Crippen molar-refractivity contribution in [2.75, 3.05) is 13.2 Å². The summed E-state index contributed by atoms with van der Waals surface area (Å²) in [6.45, 7) is 1.44. The molecular formula is C16H21N5O3. The number of carbonyl (C=O) groups excluding carboxylic acids is 1. The molecule has 1 unspecified atom stereocenters. The van der Waals surface area contributed by atoms with Crippen molar-refractivity contribution in [1.82, 2.24) is 25.4 Å². The maximum absolute atomic E-state index is 11.8. The molecule has 24 heavy (non-hydrogen) atoms. The molecule has 0 bridgehead atoms. The average molecular weight is 331 g/mol. The molecular weight excluding hydrogens is 310 g/mol. The number of amides is 2. The first-order valence-electron chi connectivity index (χ1n) is 8.01. The van der Waals surface area contributed by atoms with Crippen LogP contribution in [0.3, 0.4) is 0 Å². The maximum atomic E-state index is 11.8. The van der Waals surface area contributed by atoms with Crippen LogP contribution < -0.4 is 15.4 Å². The number of urea groups is 1. The lowest BCUT2D eigenvalue weighted by atomic mass is 10.3. The van der Waals surface area contributed by atoms with Crippen LogP contribution in [0.5, 0.6) is 5.75 Å². The predicted molar refractivity (Wildman–Crippen MR) is 86.5 cm³/mol. The minimum atomic E-state index is -0.784. The zero-order valence-electron chi connectivity index (χ0n) is 13.3. The molecule has 0 aliphatic carbocycles. The van der Waals surface area contributed by atoms with Gasteiger partial charge in [0.2, 0.25) is 0 Å². The normalized spacial score (nSPS) is 14.0. The molecule has 1 aliphatic heterocycles. The van der Waals surface area contributed by atoms with E-state index in [0.717, 1.165) is 31.0 Å². The zero-order chi connectivity index (χ0) is 16.8. The molecule has 8 heteroatoms. The highest BCUT2D eigenvalue weighted by Crippen LogP contribution is 2.13. The Labute approximate surface area is 139 Å². The number of ether oxygens (including phenoxy) is 1. The van der Waals surface area contributed by atoms with Gasteiger partial charge in [0.15, 0.2) is 5.82 Å². The molecule has 0 spiro atoms. The van der Waals surface area contributed by atoms with Crippen LogP contribution in [-0.2, 0) is 19.5 Å². The highest BCUT2D eigenvalue weighted by molar-refractivity contribution is 5.73. The second-order valence-electron chi connectivity index (χ2n) is 5.63. The number of benzene rings is 1. The largest absolute Gasteiger partial charge is 0.491 e. The van der Waals surface area contributed by atoms with Crippen molar-refractivity contribution in [3.05, 3.63) is 42.0 Å². The van der Waals surface area contributed by atoms with E-state index < -0.39 is 6.10 Å². The number of hydrogen-bond donors (Lipinski definition) is 3. The predicted octanol–water partition coefficient (Wildman–Crippen LogP) is 0.463. The van der Waals surface area contributed by atoms with E-state index in [1.165, 1.54) is 0 Å². The van der Waals surface area contributed by atoms with Gasteiger partial charge in [-0.3, -0.25) is 0 Å². The fourth-order valence-electron chi connectivity index (χ4n) is 2.54. The molecule has 0 saturated heterocycles. The number of carbonyl (C=O) groups is 1. The topological polar surface area (TPSA) is 101 Å². The van der Waals surface area contributed by atoms with Gasteiger partial charge in [-0.25, -0.2) is 4.79 Å². The van der Waals surface area contributed by atoms with Crippen LogP contribution in [0.2, 0.25) is 0 Å². The van der Waals surface area contributed by atoms with Crippen LogP contribution in [0.15, 0.2) is 30.3 Å². The van der Waals surface area contributed by atoms with Crippen LogP contribution in [0.4, 0.5) is 4.79 Å². The van der Waals surface area contributed by atoms with Crippen LogP contribution in [0.1, 0.15) is 18.1 Å². The lowest BCUT2D eigenvalue weighted by Gasteiger charge is -2.13. The van der Waals surface area contributed by atoms with Gasteiger partial charge in [0.1, 0.15) is 24.3 Å². The van der Waals surface area contributed by atoms with Crippen LogP contribution in [-0.4, -0.2) is 45.2 Å². The molecule has 0 fully saturated rings. The molecule has 8 nitrogen and oxygen atoms in total. The van der Waals surface area contributed by atoms with E-state index >= 15 is 0 Å². The first kappa shape index (κ1) is 16.3. The van der Waals surface area contributed by atoms with E-state index in [1.54, 1.807) is 0 Å². The summed E-state index contributed by atoms with van der Waals surface area (Å²) < 4.78 is 7.46. The second kappa shape index (κ2) is 7.78. The summed E-state index contributed by atoms with van der Waals surface area (Å²) in [5, 5.41) is 23.3. The van der Waals surface area contributed by atoms with Crippen molar-refractivity contribution in [3.63, 3.8) is 0 Å². The van der Waals surface area contributed by atoms with Gasteiger partial charge in [0, 0.05) is 19.5 Å². The van der Waals surface area contributed by atoms with Crippen molar-refractivity contribution in [1.29, 1.82) is 0 Å². The third-order valence-corrected chi connectivity index (χ3v) is 3.78. The molecule has 128 valence electrons. The van der Waals surface area contributed by atoms with Crippen molar-refractivity contribution >= 4 is 6.03 Å². The van der Waals surface area contributed by atoms with Gasteiger partial charge in [0.05, 0.1) is 6.54 Å². The fourth-order valence-corrected chi connectivity index (χ4v) is 2.54. The number of nitrogens with zero attached hydrogens (tertiary/aromatic N) is 3. The maximum Gasteiger partial charge on any atom is 0.315 e. The van der Waals surface area contributed by atoms with Crippen molar-refractivity contribution in [2.45, 2.75) is 32.0 Å². The number of aliphatic hydroxyl groups is 1. The average Bonchev–Trinajstić information content (AvgIpc) is 3.21. The van der Waals surface area contributed by atoms with E-state index in [9.17, 15) is 9.90 Å². The number of nitrogens with one attached hydrogen (secondary N) is 2. The Bertz CT molecular complexity index is 674. The van der Waals surface area contributed by atoms with Crippen molar-refractivity contribution in [2.24, 2.45) is 0 Å². The molecule has 1 atom stereocenters. The standard InChI is InChI=1S/C16H21N5O3/c22-12(11-24-13-5-2-1-3-6-13)9-17-16(23)18-10-15-20-19-14-7-4-8-21(14)15/h1-3,5-6,12,22H,4,7-11H2,(H2,17,18,23). The Morgan fingerprint density at radius 1 is 1.29 bits per heavy atom. The Kier molecular flexibility index (Phi) is 5.27. The first-order valence-corrected chi connectivity index (χ1v) is 8.01. The van der Waals surface area contributed by atoms with Gasteiger partial charge in [0.25, 0.3) is 0 Å². The summed E-state index contributed by atoms with van der Waals surface area (Å²) in [5.41, 5.74) is 0. The van der Waals surface area contributed by atoms with Crippen molar-refractivity contribution in [3.8, 4) is 5.75 Å². The summed E-state index contributed by atoms with van der Waals surface area (Å²) in [4.78, 5) is 11.8. The van der Waals surface area contributed by atoms with E-state index in [0.29, 0.717) is 12.3 Å². The molecule has 2 amide bonds. The van der Waals surface area contributed by atoms with E-state index in [-0.39, 0.29) is 19.2 Å². The fraction of sp³-hybridized carbons (Fsp3) is 0.438. The Hall–Kier alpha value is -2.61. The lowest BCUT2D eigenvalue weighted by molar-refractivity contribution is 0.108. The van der Waals surface area contributed by atoms with E-state index in [4.69, 9.17) is 4.74 Å². The molecule has 1 aliphatic rings. The molecule has 1 aromatic heterocycles. The summed E-state index contributed by atoms with van der Waals surface area (Å²) in [7, 11) is 0. The van der Waals surface area contributed by atoms with Gasteiger partial charge < -0.3 is 25.0 Å². The number of rotatable bonds is 7. The quantitative estimate of drug-likeness (QED) is 0.684. The smallest absolute Gasteiger partial charge is 0.315 e. The second-order valence-corrected chi connectivity index (χ2v) is 5.63. The third kappa shape index (κ3) is 4.23. The molecule has 1 aromatic carbocycles. The molecule has 3 rings (SSSR count). The Morgan fingerprint density at radius 3 is 2.96 bits per heavy atom. The van der Waals surface area contributed by atoms with Gasteiger partial charge in [-0.2, -0.15) is 0 Å². The number of fused-ring (bicyclic) bond motifs is 1. The van der Waals surface area contributed by atoms with E-state index in [1.807, 2.05) is 34.9 Å². The van der Waals surface area contributed by atoms with Gasteiger partial charge in [-0.05, 0) is 18.6 Å². The SMILES string of the molecule is O=C(NCc1nnc2n1CCC2)NCC(O)COc1ccccc1. The number of hydrogen-bond acceptors (Lipinski definition) is 5. The van der Waals surface area contributed by atoms with Crippen LogP contribution in [0, 0.1) is 0 Å². The third-order valence-electron chi connectivity index (χ3n) is 3.78. The highest BCUT2D eigenvalue weighted by atomic mass is 16.5. The van der Waals surface area contributed by atoms with Crippen LogP contribution >= 0.6 is 0 Å². The molecule has 2 aromatic rings. The Morgan fingerprint density at radius 2 is 2.12 bits per heavy atom. The number of aromatic nitrogens is 3. The minimum absolute atomic E-state index is 0.108. The monoisotopic (exact) mass is 331 g/mol. The van der Waals surface area contributed by atoms with Crippen LogP contribution in [0.25, 0.3) is 0 Å². The minimum Gasteiger partial charge on any atom is -0.491 e. The number of aliphatic hydroxyl groups excluding tert-OH is 1. The number of para-hydroxylation sites is 1. The summed E-state index contributed by atoms with van der Waals surface area (Å²) >= 11 is 0. The lowest BCUT2D eigenvalue weighted by Crippen LogP contribution is -2.41. The highest BCUT2D eigenvalue weighted by Gasteiger charge is 2.17. The molecule has 0 radical (unpaired) electrons. The van der Waals surface area contributed by atoms with Crippen molar-refractivity contribution < 1.29 is 14.6 Å². The number of aryl methyl sites for hydroxylation is 1. The van der Waals surface area contributed by atoms with Gasteiger partial charge in [-0.15, -0.1) is 10.2 Å².